The predicted octanol–water partition coefficient (Wildman–Crippen LogP) is 2.22. The van der Waals surface area contributed by atoms with Crippen molar-refractivity contribution in [3.8, 4) is 5.88 Å². The van der Waals surface area contributed by atoms with Crippen molar-refractivity contribution in [1.82, 2.24) is 4.98 Å². The molecule has 1 aromatic rings. The highest BCUT2D eigenvalue weighted by atomic mass is 16.5. The van der Waals surface area contributed by atoms with Crippen LogP contribution in [0, 0.1) is 0 Å². The zero-order valence-corrected chi connectivity index (χ0v) is 8.19. The SMILES string of the molecule is CC1(Oc2ncccc2C=O)CCC1. The van der Waals surface area contributed by atoms with Gasteiger partial charge in [0.15, 0.2) is 6.29 Å². The molecule has 0 saturated heterocycles. The summed E-state index contributed by atoms with van der Waals surface area (Å²) in [5.41, 5.74) is 0.423. The summed E-state index contributed by atoms with van der Waals surface area (Å²) in [6, 6.07) is 3.46. The highest BCUT2D eigenvalue weighted by molar-refractivity contribution is 5.77. The number of aromatic nitrogens is 1. The number of carbonyl (C=O) groups excluding carboxylic acids is 1. The minimum Gasteiger partial charge on any atom is -0.471 e. The van der Waals surface area contributed by atoms with E-state index in [1.165, 1.54) is 6.42 Å². The first-order chi connectivity index (χ1) is 6.73. The van der Waals surface area contributed by atoms with E-state index in [1.807, 2.05) is 0 Å². The first kappa shape index (κ1) is 9.19. The molecule has 0 atom stereocenters. The quantitative estimate of drug-likeness (QED) is 0.687. The molecule has 1 aromatic heterocycles. The zero-order chi connectivity index (χ0) is 10.0. The molecule has 1 fully saturated rings. The van der Waals surface area contributed by atoms with Crippen molar-refractivity contribution in [2.75, 3.05) is 0 Å². The lowest BCUT2D eigenvalue weighted by Gasteiger charge is -2.38. The lowest BCUT2D eigenvalue weighted by molar-refractivity contribution is 0.00674. The number of aldehydes is 1. The third kappa shape index (κ3) is 1.62. The van der Waals surface area contributed by atoms with Gasteiger partial charge in [0.1, 0.15) is 5.60 Å². The van der Waals surface area contributed by atoms with Gasteiger partial charge < -0.3 is 4.74 Å². The lowest BCUT2D eigenvalue weighted by Crippen LogP contribution is -2.40. The van der Waals surface area contributed by atoms with E-state index >= 15 is 0 Å². The molecular weight excluding hydrogens is 178 g/mol. The first-order valence-corrected chi connectivity index (χ1v) is 4.83. The van der Waals surface area contributed by atoms with Crippen molar-refractivity contribution in [3.05, 3.63) is 23.9 Å². The van der Waals surface area contributed by atoms with Gasteiger partial charge in [-0.05, 0) is 38.3 Å². The summed E-state index contributed by atoms with van der Waals surface area (Å²) in [5.74, 6) is 0.463. The van der Waals surface area contributed by atoms with Gasteiger partial charge in [-0.2, -0.15) is 0 Å². The number of rotatable bonds is 3. The number of nitrogens with zero attached hydrogens (tertiary/aromatic N) is 1. The van der Waals surface area contributed by atoms with Crippen molar-refractivity contribution >= 4 is 6.29 Å². The number of carbonyl (C=O) groups is 1. The molecule has 0 spiro atoms. The summed E-state index contributed by atoms with van der Waals surface area (Å²) in [5, 5.41) is 0. The van der Waals surface area contributed by atoms with Crippen molar-refractivity contribution in [3.63, 3.8) is 0 Å². The molecule has 3 heteroatoms. The molecule has 0 aromatic carbocycles. The molecule has 14 heavy (non-hydrogen) atoms. The average Bonchev–Trinajstić information content (AvgIpc) is 2.16. The van der Waals surface area contributed by atoms with Crippen LogP contribution in [0.25, 0.3) is 0 Å². The third-order valence-corrected chi connectivity index (χ3v) is 2.68. The van der Waals surface area contributed by atoms with Gasteiger partial charge >= 0.3 is 0 Å². The zero-order valence-electron chi connectivity index (χ0n) is 8.19. The Balaban J connectivity index is 2.19. The Kier molecular flexibility index (Phi) is 2.23. The van der Waals surface area contributed by atoms with Gasteiger partial charge in [0.2, 0.25) is 5.88 Å². The fraction of sp³-hybridized carbons (Fsp3) is 0.455. The van der Waals surface area contributed by atoms with E-state index < -0.39 is 0 Å². The maximum atomic E-state index is 10.7. The van der Waals surface area contributed by atoms with Crippen molar-refractivity contribution in [1.29, 1.82) is 0 Å². The Morgan fingerprint density at radius 3 is 2.93 bits per heavy atom. The topological polar surface area (TPSA) is 39.2 Å². The molecule has 1 saturated carbocycles. The van der Waals surface area contributed by atoms with Crippen LogP contribution in [0.1, 0.15) is 36.5 Å². The van der Waals surface area contributed by atoms with Gasteiger partial charge in [-0.15, -0.1) is 0 Å². The standard InChI is InChI=1S/C11H13NO2/c1-11(5-3-6-11)14-10-9(8-13)4-2-7-12-10/h2,4,7-8H,3,5-6H2,1H3. The van der Waals surface area contributed by atoms with E-state index in [-0.39, 0.29) is 5.60 Å². The van der Waals surface area contributed by atoms with E-state index in [4.69, 9.17) is 4.74 Å². The highest BCUT2D eigenvalue weighted by Gasteiger charge is 2.34. The largest absolute Gasteiger partial charge is 0.471 e. The Morgan fingerprint density at radius 2 is 2.36 bits per heavy atom. The van der Waals surface area contributed by atoms with Crippen molar-refractivity contribution < 1.29 is 9.53 Å². The molecule has 0 radical (unpaired) electrons. The van der Waals surface area contributed by atoms with E-state index in [0.29, 0.717) is 11.4 Å². The summed E-state index contributed by atoms with van der Waals surface area (Å²) in [6.45, 7) is 2.06. The smallest absolute Gasteiger partial charge is 0.224 e. The second-order valence-corrected chi connectivity index (χ2v) is 3.92. The molecule has 1 aliphatic rings. The summed E-state index contributed by atoms with van der Waals surface area (Å²) in [6.07, 6.45) is 5.71. The average molecular weight is 191 g/mol. The number of ether oxygens (including phenoxy) is 1. The summed E-state index contributed by atoms with van der Waals surface area (Å²) in [7, 11) is 0. The van der Waals surface area contributed by atoms with Crippen LogP contribution < -0.4 is 4.74 Å². The van der Waals surface area contributed by atoms with Gasteiger partial charge in [0.05, 0.1) is 5.56 Å². The Morgan fingerprint density at radius 1 is 1.57 bits per heavy atom. The molecule has 0 N–H and O–H groups in total. The summed E-state index contributed by atoms with van der Waals surface area (Å²) >= 11 is 0. The van der Waals surface area contributed by atoms with Crippen LogP contribution in [0.2, 0.25) is 0 Å². The van der Waals surface area contributed by atoms with Gasteiger partial charge in [-0.25, -0.2) is 4.98 Å². The molecule has 0 aliphatic heterocycles. The molecule has 0 bridgehead atoms. The molecule has 0 amide bonds. The minimum atomic E-state index is -0.105. The Labute approximate surface area is 83.1 Å². The Hall–Kier alpha value is -1.38. The molecule has 1 aliphatic carbocycles. The molecule has 3 nitrogen and oxygen atoms in total. The number of hydrogen-bond acceptors (Lipinski definition) is 3. The van der Waals surface area contributed by atoms with Crippen molar-refractivity contribution in [2.45, 2.75) is 31.8 Å². The second kappa shape index (κ2) is 3.40. The minimum absolute atomic E-state index is 0.105. The van der Waals surface area contributed by atoms with Crippen LogP contribution in [0.4, 0.5) is 0 Å². The van der Waals surface area contributed by atoms with Gasteiger partial charge in [-0.3, -0.25) is 4.79 Å². The monoisotopic (exact) mass is 191 g/mol. The van der Waals surface area contributed by atoms with E-state index in [0.717, 1.165) is 19.1 Å². The fourth-order valence-corrected chi connectivity index (χ4v) is 1.59. The van der Waals surface area contributed by atoms with E-state index in [2.05, 4.69) is 11.9 Å². The first-order valence-electron chi connectivity index (χ1n) is 4.83. The Bertz CT molecular complexity index is 345. The maximum absolute atomic E-state index is 10.7. The van der Waals surface area contributed by atoms with Gasteiger partial charge in [0, 0.05) is 6.20 Å². The fourth-order valence-electron chi connectivity index (χ4n) is 1.59. The van der Waals surface area contributed by atoms with Crippen LogP contribution in [0.15, 0.2) is 18.3 Å². The van der Waals surface area contributed by atoms with Crippen LogP contribution in [0.5, 0.6) is 5.88 Å². The molecule has 74 valence electrons. The molecular formula is C11H13NO2. The molecule has 1 heterocycles. The highest BCUT2D eigenvalue weighted by Crippen LogP contribution is 2.35. The van der Waals surface area contributed by atoms with Crippen LogP contribution in [-0.4, -0.2) is 16.9 Å². The van der Waals surface area contributed by atoms with E-state index in [9.17, 15) is 4.79 Å². The molecule has 2 rings (SSSR count). The number of hydrogen-bond donors (Lipinski definition) is 0. The summed E-state index contributed by atoms with van der Waals surface area (Å²) < 4.78 is 5.72. The van der Waals surface area contributed by atoms with Crippen LogP contribution >= 0.6 is 0 Å². The number of pyridine rings is 1. The van der Waals surface area contributed by atoms with Crippen molar-refractivity contribution in [2.24, 2.45) is 0 Å². The lowest BCUT2D eigenvalue weighted by atomic mass is 9.82. The molecule has 0 unspecified atom stereocenters. The maximum Gasteiger partial charge on any atom is 0.224 e. The normalized spacial score (nSPS) is 18.4. The van der Waals surface area contributed by atoms with Gasteiger partial charge in [-0.1, -0.05) is 0 Å². The van der Waals surface area contributed by atoms with Gasteiger partial charge in [0.25, 0.3) is 0 Å². The summed E-state index contributed by atoms with van der Waals surface area (Å²) in [4.78, 5) is 14.8. The third-order valence-electron chi connectivity index (χ3n) is 2.68. The van der Waals surface area contributed by atoms with E-state index in [1.54, 1.807) is 18.3 Å². The second-order valence-electron chi connectivity index (χ2n) is 3.92. The van der Waals surface area contributed by atoms with Crippen LogP contribution in [0.3, 0.4) is 0 Å². The predicted molar refractivity (Wildman–Crippen MR) is 52.5 cm³/mol. The van der Waals surface area contributed by atoms with Crippen LogP contribution in [-0.2, 0) is 0 Å².